The van der Waals surface area contributed by atoms with Gasteiger partial charge in [0, 0.05) is 44.7 Å². The van der Waals surface area contributed by atoms with E-state index in [1.807, 2.05) is 12.1 Å². The molecule has 0 fully saturated rings. The maximum Gasteiger partial charge on any atom is 0.137 e. The van der Waals surface area contributed by atoms with Crippen molar-refractivity contribution in [3.63, 3.8) is 0 Å². The lowest BCUT2D eigenvalue weighted by atomic mass is 10.00. The third-order valence-corrected chi connectivity index (χ3v) is 8.75. The smallest absolute Gasteiger partial charge is 0.137 e. The van der Waals surface area contributed by atoms with E-state index in [-0.39, 0.29) is 0 Å². The van der Waals surface area contributed by atoms with Crippen molar-refractivity contribution in [3.05, 3.63) is 170 Å². The fourth-order valence-electron chi connectivity index (χ4n) is 6.76. The highest BCUT2D eigenvalue weighted by Gasteiger charge is 2.23. The number of rotatable bonds is 5. The fourth-order valence-corrected chi connectivity index (χ4v) is 6.76. The van der Waals surface area contributed by atoms with Gasteiger partial charge in [0.2, 0.25) is 0 Å². The van der Waals surface area contributed by atoms with Crippen LogP contribution < -0.4 is 4.90 Å². The summed E-state index contributed by atoms with van der Waals surface area (Å²) >= 11 is 0. The van der Waals surface area contributed by atoms with Crippen LogP contribution in [0.25, 0.3) is 60.6 Å². The molecule has 0 radical (unpaired) electrons. The van der Waals surface area contributed by atoms with Gasteiger partial charge in [-0.25, -0.2) is 0 Å². The Bertz CT molecular complexity index is 2470. The number of furan rings is 1. The van der Waals surface area contributed by atoms with E-state index in [4.69, 9.17) is 4.42 Å². The Hall–Kier alpha value is -6.06. The van der Waals surface area contributed by atoms with Crippen LogP contribution in [0.1, 0.15) is 0 Å². The largest absolute Gasteiger partial charge is 0.456 e. The molecule has 3 heteroatoms. The number of anilines is 3. The van der Waals surface area contributed by atoms with Gasteiger partial charge in [-0.1, -0.05) is 103 Å². The van der Waals surface area contributed by atoms with Crippen LogP contribution in [0.15, 0.2) is 174 Å². The molecule has 0 unspecified atom stereocenters. The van der Waals surface area contributed by atoms with Crippen molar-refractivity contribution in [2.75, 3.05) is 4.90 Å². The Kier molecular flexibility index (Phi) is 5.82. The Morgan fingerprint density at radius 3 is 1.87 bits per heavy atom. The first-order valence-electron chi connectivity index (χ1n) is 15.3. The zero-order valence-electron chi connectivity index (χ0n) is 24.5. The maximum absolute atomic E-state index is 6.40. The summed E-state index contributed by atoms with van der Waals surface area (Å²) in [5.41, 5.74) is 10.8. The molecule has 212 valence electrons. The highest BCUT2D eigenvalue weighted by molar-refractivity contribution is 6.18. The Labute approximate surface area is 260 Å². The third kappa shape index (κ3) is 4.13. The zero-order chi connectivity index (χ0) is 29.7. The predicted octanol–water partition coefficient (Wildman–Crippen LogP) is 11.8. The molecular formula is C42H28N2O. The topological polar surface area (TPSA) is 21.3 Å². The average molecular weight is 577 g/mol. The summed E-state index contributed by atoms with van der Waals surface area (Å²) in [6, 6.07) is 60.2. The normalized spacial score (nSPS) is 11.6. The van der Waals surface area contributed by atoms with Gasteiger partial charge in [-0.3, -0.25) is 0 Å². The minimum atomic E-state index is 0.872. The van der Waals surface area contributed by atoms with E-state index in [9.17, 15) is 0 Å². The van der Waals surface area contributed by atoms with Crippen LogP contribution in [0, 0.1) is 0 Å². The fraction of sp³-hybridized carbons (Fsp3) is 0. The van der Waals surface area contributed by atoms with Gasteiger partial charge >= 0.3 is 0 Å². The Morgan fingerprint density at radius 2 is 1.07 bits per heavy atom. The molecule has 0 saturated carbocycles. The maximum atomic E-state index is 6.40. The quantitative estimate of drug-likeness (QED) is 0.203. The predicted molar refractivity (Wildman–Crippen MR) is 188 cm³/mol. The van der Waals surface area contributed by atoms with Gasteiger partial charge in [-0.15, -0.1) is 0 Å². The number of hydrogen-bond donors (Lipinski definition) is 0. The van der Waals surface area contributed by atoms with E-state index in [1.54, 1.807) is 0 Å². The highest BCUT2D eigenvalue weighted by atomic mass is 16.3. The van der Waals surface area contributed by atoms with Gasteiger partial charge in [-0.2, -0.15) is 0 Å². The van der Waals surface area contributed by atoms with Crippen molar-refractivity contribution in [2.45, 2.75) is 0 Å². The molecule has 0 aliphatic rings. The molecule has 0 bridgehead atoms. The SMILES string of the molecule is c1ccc(-c2cc(N(c3ccccc3)c3ccc4c(c3)oc3ccccc34)c3c4ccccc4n(-c4ccccc4)c3c2)cc1. The molecule has 0 amide bonds. The summed E-state index contributed by atoms with van der Waals surface area (Å²) in [6.45, 7) is 0. The highest BCUT2D eigenvalue weighted by Crippen LogP contribution is 2.46. The van der Waals surface area contributed by atoms with Crippen molar-refractivity contribution in [1.29, 1.82) is 0 Å². The first kappa shape index (κ1) is 25.4. The van der Waals surface area contributed by atoms with E-state index in [0.29, 0.717) is 0 Å². The van der Waals surface area contributed by atoms with E-state index in [1.165, 1.54) is 21.9 Å². The average Bonchev–Trinajstić information content (AvgIpc) is 3.65. The molecule has 2 aromatic heterocycles. The number of hydrogen-bond acceptors (Lipinski definition) is 2. The standard InChI is InChI=1S/C42H28N2O/c1-4-14-29(15-5-1)30-26-38(42-36-21-10-12-22-37(36)44(39(42)27-30)32-18-8-3-9-19-32)43(31-16-6-2-7-17-31)33-24-25-35-34-20-11-13-23-40(34)45-41(35)28-33/h1-28H. The first-order chi connectivity index (χ1) is 22.3. The number of nitrogens with zero attached hydrogens (tertiary/aromatic N) is 2. The number of aromatic nitrogens is 1. The summed E-state index contributed by atoms with van der Waals surface area (Å²) < 4.78 is 8.79. The lowest BCUT2D eigenvalue weighted by molar-refractivity contribution is 0.669. The van der Waals surface area contributed by atoms with Crippen molar-refractivity contribution >= 4 is 60.8 Å². The molecule has 7 aromatic carbocycles. The zero-order valence-corrected chi connectivity index (χ0v) is 24.5. The molecule has 0 N–H and O–H groups in total. The van der Waals surface area contributed by atoms with Crippen LogP contribution in [0.2, 0.25) is 0 Å². The minimum Gasteiger partial charge on any atom is -0.456 e. The Balaban J connectivity index is 1.41. The summed E-state index contributed by atoms with van der Waals surface area (Å²) in [5, 5.41) is 4.65. The second kappa shape index (κ2) is 10.3. The van der Waals surface area contributed by atoms with Crippen LogP contribution in [-0.2, 0) is 0 Å². The van der Waals surface area contributed by atoms with Crippen LogP contribution in [0.3, 0.4) is 0 Å². The third-order valence-electron chi connectivity index (χ3n) is 8.75. The van der Waals surface area contributed by atoms with E-state index in [0.717, 1.165) is 55.8 Å². The molecule has 9 rings (SSSR count). The summed E-state index contributed by atoms with van der Waals surface area (Å²) in [4.78, 5) is 2.38. The van der Waals surface area contributed by atoms with Crippen LogP contribution >= 0.6 is 0 Å². The monoisotopic (exact) mass is 576 g/mol. The van der Waals surface area contributed by atoms with Gasteiger partial charge in [0.1, 0.15) is 11.2 Å². The van der Waals surface area contributed by atoms with Crippen molar-refractivity contribution in [3.8, 4) is 16.8 Å². The molecule has 45 heavy (non-hydrogen) atoms. The number of para-hydroxylation sites is 4. The van der Waals surface area contributed by atoms with Crippen LogP contribution in [0.5, 0.6) is 0 Å². The molecule has 9 aromatic rings. The number of benzene rings is 7. The van der Waals surface area contributed by atoms with Crippen molar-refractivity contribution < 1.29 is 4.42 Å². The summed E-state index contributed by atoms with van der Waals surface area (Å²) in [7, 11) is 0. The van der Waals surface area contributed by atoms with E-state index in [2.05, 4.69) is 167 Å². The molecule has 2 heterocycles. The van der Waals surface area contributed by atoms with Gasteiger partial charge in [0.25, 0.3) is 0 Å². The van der Waals surface area contributed by atoms with Gasteiger partial charge in [0.15, 0.2) is 0 Å². The molecule has 0 spiro atoms. The van der Waals surface area contributed by atoms with Gasteiger partial charge in [0.05, 0.1) is 16.7 Å². The molecule has 0 aliphatic heterocycles. The van der Waals surface area contributed by atoms with Crippen molar-refractivity contribution in [1.82, 2.24) is 4.57 Å². The molecule has 0 atom stereocenters. The molecule has 3 nitrogen and oxygen atoms in total. The second-order valence-corrected chi connectivity index (χ2v) is 11.4. The van der Waals surface area contributed by atoms with Gasteiger partial charge in [-0.05, 0) is 71.8 Å². The first-order valence-corrected chi connectivity index (χ1v) is 15.3. The van der Waals surface area contributed by atoms with E-state index < -0.39 is 0 Å². The van der Waals surface area contributed by atoms with Crippen LogP contribution in [0.4, 0.5) is 17.1 Å². The molecular weight excluding hydrogens is 548 g/mol. The van der Waals surface area contributed by atoms with E-state index >= 15 is 0 Å². The molecule has 0 aliphatic carbocycles. The Morgan fingerprint density at radius 1 is 0.422 bits per heavy atom. The summed E-state index contributed by atoms with van der Waals surface area (Å²) in [6.07, 6.45) is 0. The number of fused-ring (bicyclic) bond motifs is 6. The van der Waals surface area contributed by atoms with Crippen LogP contribution in [-0.4, -0.2) is 4.57 Å². The minimum absolute atomic E-state index is 0.872. The lowest BCUT2D eigenvalue weighted by Gasteiger charge is -2.27. The second-order valence-electron chi connectivity index (χ2n) is 11.4. The lowest BCUT2D eigenvalue weighted by Crippen LogP contribution is -2.10. The summed E-state index contributed by atoms with van der Waals surface area (Å²) in [5.74, 6) is 0. The molecule has 0 saturated heterocycles. The van der Waals surface area contributed by atoms with Gasteiger partial charge < -0.3 is 13.9 Å². The van der Waals surface area contributed by atoms with Crippen molar-refractivity contribution in [2.24, 2.45) is 0 Å².